The Bertz CT molecular complexity index is 347. The van der Waals surface area contributed by atoms with Crippen LogP contribution in [-0.2, 0) is 0 Å². The standard InChI is InChI=1S/C10H11FN2/c1-13-7-6-12-10(13)8-4-2-3-5-9(8)11/h2-5H,6-7H2,1H3. The Morgan fingerprint density at radius 2 is 2.15 bits per heavy atom. The second-order valence-corrected chi connectivity index (χ2v) is 3.11. The van der Waals surface area contributed by atoms with Gasteiger partial charge in [-0.3, -0.25) is 4.99 Å². The number of hydrogen-bond donors (Lipinski definition) is 0. The number of halogens is 1. The van der Waals surface area contributed by atoms with Crippen LogP contribution in [0.25, 0.3) is 0 Å². The van der Waals surface area contributed by atoms with Crippen molar-refractivity contribution in [3.8, 4) is 0 Å². The molecule has 0 unspecified atom stereocenters. The molecule has 0 atom stereocenters. The van der Waals surface area contributed by atoms with Crippen LogP contribution in [0.15, 0.2) is 29.3 Å². The van der Waals surface area contributed by atoms with Gasteiger partial charge in [-0.2, -0.15) is 0 Å². The third kappa shape index (κ3) is 1.41. The molecule has 0 radical (unpaired) electrons. The summed E-state index contributed by atoms with van der Waals surface area (Å²) in [5.41, 5.74) is 0.600. The number of likely N-dealkylation sites (N-methyl/N-ethyl adjacent to an activating group) is 1. The first kappa shape index (κ1) is 8.23. The quantitative estimate of drug-likeness (QED) is 0.636. The van der Waals surface area contributed by atoms with E-state index in [2.05, 4.69) is 4.99 Å². The molecule has 1 aromatic carbocycles. The molecule has 0 N–H and O–H groups in total. The molecule has 2 nitrogen and oxygen atoms in total. The van der Waals surface area contributed by atoms with E-state index in [0.717, 1.165) is 18.9 Å². The van der Waals surface area contributed by atoms with Crippen LogP contribution >= 0.6 is 0 Å². The molecule has 1 aliphatic rings. The summed E-state index contributed by atoms with van der Waals surface area (Å²) in [7, 11) is 1.93. The molecule has 3 heteroatoms. The largest absolute Gasteiger partial charge is 0.358 e. The summed E-state index contributed by atoms with van der Waals surface area (Å²) in [6, 6.07) is 6.74. The highest BCUT2D eigenvalue weighted by atomic mass is 19.1. The van der Waals surface area contributed by atoms with Crippen molar-refractivity contribution < 1.29 is 4.39 Å². The molecule has 68 valence electrons. The van der Waals surface area contributed by atoms with Gasteiger partial charge in [0.2, 0.25) is 0 Å². The van der Waals surface area contributed by atoms with Crippen molar-refractivity contribution in [2.45, 2.75) is 0 Å². The van der Waals surface area contributed by atoms with Gasteiger partial charge >= 0.3 is 0 Å². The fourth-order valence-electron chi connectivity index (χ4n) is 1.47. The zero-order valence-electron chi connectivity index (χ0n) is 7.50. The number of hydrogen-bond acceptors (Lipinski definition) is 2. The molecular formula is C10H11FN2. The second-order valence-electron chi connectivity index (χ2n) is 3.11. The van der Waals surface area contributed by atoms with Crippen LogP contribution < -0.4 is 0 Å². The lowest BCUT2D eigenvalue weighted by Crippen LogP contribution is -2.24. The van der Waals surface area contributed by atoms with Crippen LogP contribution in [0.3, 0.4) is 0 Å². The van der Waals surface area contributed by atoms with E-state index in [-0.39, 0.29) is 5.82 Å². The summed E-state index contributed by atoms with van der Waals surface area (Å²) < 4.78 is 13.3. The summed E-state index contributed by atoms with van der Waals surface area (Å²) in [4.78, 5) is 6.22. The van der Waals surface area contributed by atoms with Crippen LogP contribution in [0.4, 0.5) is 4.39 Å². The monoisotopic (exact) mass is 178 g/mol. The van der Waals surface area contributed by atoms with Crippen LogP contribution in [0.2, 0.25) is 0 Å². The molecule has 0 amide bonds. The fraction of sp³-hybridized carbons (Fsp3) is 0.300. The molecule has 0 fully saturated rings. The maximum atomic E-state index is 13.3. The van der Waals surface area contributed by atoms with Gasteiger partial charge in [-0.05, 0) is 12.1 Å². The number of nitrogens with zero attached hydrogens (tertiary/aromatic N) is 2. The van der Waals surface area contributed by atoms with Crippen LogP contribution in [-0.4, -0.2) is 30.9 Å². The second kappa shape index (κ2) is 3.17. The topological polar surface area (TPSA) is 15.6 Å². The maximum absolute atomic E-state index is 13.3. The highest BCUT2D eigenvalue weighted by molar-refractivity contribution is 5.99. The molecule has 0 aromatic heterocycles. The highest BCUT2D eigenvalue weighted by Gasteiger charge is 2.16. The molecule has 0 spiro atoms. The van der Waals surface area contributed by atoms with Gasteiger partial charge in [-0.25, -0.2) is 4.39 Å². The molecule has 0 aliphatic carbocycles. The minimum absolute atomic E-state index is 0.199. The van der Waals surface area contributed by atoms with E-state index in [1.165, 1.54) is 6.07 Å². The van der Waals surface area contributed by atoms with Crippen molar-refractivity contribution in [2.75, 3.05) is 20.1 Å². The van der Waals surface area contributed by atoms with Gasteiger partial charge in [0.05, 0.1) is 12.1 Å². The maximum Gasteiger partial charge on any atom is 0.134 e. The van der Waals surface area contributed by atoms with Crippen LogP contribution in [0.5, 0.6) is 0 Å². The third-order valence-electron chi connectivity index (χ3n) is 2.17. The lowest BCUT2D eigenvalue weighted by atomic mass is 10.2. The lowest BCUT2D eigenvalue weighted by molar-refractivity contribution is 0.550. The minimum Gasteiger partial charge on any atom is -0.358 e. The van der Waals surface area contributed by atoms with Crippen LogP contribution in [0.1, 0.15) is 5.56 Å². The molecule has 1 aliphatic heterocycles. The predicted molar refractivity (Wildman–Crippen MR) is 50.4 cm³/mol. The van der Waals surface area contributed by atoms with Gasteiger partial charge in [0.25, 0.3) is 0 Å². The van der Waals surface area contributed by atoms with Crippen molar-refractivity contribution in [1.82, 2.24) is 4.90 Å². The number of aliphatic imine (C=N–C) groups is 1. The SMILES string of the molecule is CN1CCN=C1c1ccccc1F. The molecule has 2 rings (SSSR count). The Labute approximate surface area is 76.7 Å². The minimum atomic E-state index is -0.199. The van der Waals surface area contributed by atoms with Crippen LogP contribution in [0, 0.1) is 5.82 Å². The van der Waals surface area contributed by atoms with Crippen molar-refractivity contribution >= 4 is 5.84 Å². The predicted octanol–water partition coefficient (Wildman–Crippen LogP) is 1.52. The fourth-order valence-corrected chi connectivity index (χ4v) is 1.47. The molecule has 1 heterocycles. The van der Waals surface area contributed by atoms with Gasteiger partial charge in [-0.15, -0.1) is 0 Å². The van der Waals surface area contributed by atoms with Gasteiger partial charge in [-0.1, -0.05) is 12.1 Å². The van der Waals surface area contributed by atoms with Crippen molar-refractivity contribution in [1.29, 1.82) is 0 Å². The summed E-state index contributed by atoms with van der Waals surface area (Å²) in [6.45, 7) is 1.64. The van der Waals surface area contributed by atoms with E-state index in [9.17, 15) is 4.39 Å². The van der Waals surface area contributed by atoms with Gasteiger partial charge < -0.3 is 4.90 Å². The van der Waals surface area contributed by atoms with E-state index in [1.54, 1.807) is 12.1 Å². The lowest BCUT2D eigenvalue weighted by Gasteiger charge is -2.13. The molecular weight excluding hydrogens is 167 g/mol. The summed E-state index contributed by atoms with van der Waals surface area (Å²) in [5.74, 6) is 0.563. The molecule has 13 heavy (non-hydrogen) atoms. The average molecular weight is 178 g/mol. The third-order valence-corrected chi connectivity index (χ3v) is 2.17. The van der Waals surface area contributed by atoms with Gasteiger partial charge in [0.15, 0.2) is 0 Å². The Morgan fingerprint density at radius 1 is 1.38 bits per heavy atom. The van der Waals surface area contributed by atoms with Gasteiger partial charge in [0.1, 0.15) is 11.7 Å². The zero-order valence-corrected chi connectivity index (χ0v) is 7.50. The summed E-state index contributed by atoms with van der Waals surface area (Å²) in [5, 5.41) is 0. The molecule has 0 saturated carbocycles. The summed E-state index contributed by atoms with van der Waals surface area (Å²) in [6.07, 6.45) is 0. The zero-order chi connectivity index (χ0) is 9.26. The van der Waals surface area contributed by atoms with Crippen molar-refractivity contribution in [2.24, 2.45) is 4.99 Å². The Kier molecular flexibility index (Phi) is 2.00. The number of amidine groups is 1. The van der Waals surface area contributed by atoms with E-state index in [1.807, 2.05) is 18.0 Å². The molecule has 0 saturated heterocycles. The summed E-state index contributed by atoms with van der Waals surface area (Å²) >= 11 is 0. The number of rotatable bonds is 1. The van der Waals surface area contributed by atoms with Crippen molar-refractivity contribution in [3.05, 3.63) is 35.6 Å². The average Bonchev–Trinajstić information content (AvgIpc) is 2.52. The van der Waals surface area contributed by atoms with Crippen molar-refractivity contribution in [3.63, 3.8) is 0 Å². The Balaban J connectivity index is 2.40. The first-order chi connectivity index (χ1) is 6.29. The van der Waals surface area contributed by atoms with E-state index in [0.29, 0.717) is 5.56 Å². The molecule has 1 aromatic rings. The molecule has 0 bridgehead atoms. The highest BCUT2D eigenvalue weighted by Crippen LogP contribution is 2.12. The first-order valence-corrected chi connectivity index (χ1v) is 4.29. The normalized spacial score (nSPS) is 16.2. The van der Waals surface area contributed by atoms with E-state index in [4.69, 9.17) is 0 Å². The Hall–Kier alpha value is -1.38. The Morgan fingerprint density at radius 3 is 2.77 bits per heavy atom. The first-order valence-electron chi connectivity index (χ1n) is 4.29. The van der Waals surface area contributed by atoms with E-state index >= 15 is 0 Å². The smallest absolute Gasteiger partial charge is 0.134 e. The van der Waals surface area contributed by atoms with Gasteiger partial charge in [0, 0.05) is 13.6 Å². The van der Waals surface area contributed by atoms with E-state index < -0.39 is 0 Å². The number of benzene rings is 1.